The van der Waals surface area contributed by atoms with Crippen LogP contribution in [-0.4, -0.2) is 11.6 Å². The van der Waals surface area contributed by atoms with Crippen molar-refractivity contribution in [2.24, 2.45) is 23.7 Å². The number of fused-ring (bicyclic) bond motifs is 5. The Labute approximate surface area is 143 Å². The van der Waals surface area contributed by atoms with Crippen molar-refractivity contribution in [1.82, 2.24) is 0 Å². The fraction of sp³-hybridized carbons (Fsp3) is 0.455. The molecule has 2 fully saturated rings. The summed E-state index contributed by atoms with van der Waals surface area (Å²) in [5.41, 5.74) is 6.87. The number of benzene rings is 1. The molecule has 1 aromatic rings. The van der Waals surface area contributed by atoms with Crippen molar-refractivity contribution in [1.29, 1.82) is 0 Å². The van der Waals surface area contributed by atoms with Crippen LogP contribution in [0.15, 0.2) is 35.4 Å². The number of hydrogen-bond acceptors (Lipinski definition) is 2. The molecule has 24 heavy (non-hydrogen) atoms. The summed E-state index contributed by atoms with van der Waals surface area (Å²) in [5.74, 6) is -0.226. The Bertz CT molecular complexity index is 779. The minimum absolute atomic E-state index is 0.137. The molecule has 0 aliphatic heterocycles. The van der Waals surface area contributed by atoms with Crippen LogP contribution in [0.1, 0.15) is 42.0 Å². The van der Waals surface area contributed by atoms with Gasteiger partial charge in [0.15, 0.2) is 11.6 Å². The Kier molecular flexibility index (Phi) is 3.25. The van der Waals surface area contributed by atoms with Crippen molar-refractivity contribution in [3.05, 3.63) is 57.7 Å². The van der Waals surface area contributed by atoms with Gasteiger partial charge in [-0.25, -0.2) is 0 Å². The molecule has 2 nitrogen and oxygen atoms in total. The summed E-state index contributed by atoms with van der Waals surface area (Å²) in [6.07, 6.45) is 4.33. The molecule has 4 rings (SSSR count). The van der Waals surface area contributed by atoms with Crippen molar-refractivity contribution < 1.29 is 9.59 Å². The van der Waals surface area contributed by atoms with E-state index >= 15 is 0 Å². The fourth-order valence-electron chi connectivity index (χ4n) is 5.57. The first kappa shape index (κ1) is 15.6. The third-order valence-electron chi connectivity index (χ3n) is 6.23. The van der Waals surface area contributed by atoms with Crippen LogP contribution in [0.2, 0.25) is 0 Å². The molecule has 1 aromatic carbocycles. The molecule has 2 bridgehead atoms. The fourth-order valence-corrected chi connectivity index (χ4v) is 5.57. The van der Waals surface area contributed by atoms with Crippen molar-refractivity contribution >= 4 is 11.6 Å². The zero-order valence-electron chi connectivity index (χ0n) is 15.0. The summed E-state index contributed by atoms with van der Waals surface area (Å²) in [5, 5.41) is 0. The van der Waals surface area contributed by atoms with Gasteiger partial charge in [0.2, 0.25) is 0 Å². The third kappa shape index (κ3) is 1.83. The molecular weight excluding hydrogens is 296 g/mol. The zero-order chi connectivity index (χ0) is 17.3. The molecule has 0 heterocycles. The van der Waals surface area contributed by atoms with Gasteiger partial charge in [-0.2, -0.15) is 0 Å². The van der Waals surface area contributed by atoms with E-state index in [4.69, 9.17) is 0 Å². The second-order valence-electron chi connectivity index (χ2n) is 7.99. The average molecular weight is 320 g/mol. The monoisotopic (exact) mass is 320 g/mol. The average Bonchev–Trinajstić information content (AvgIpc) is 3.11. The normalized spacial score (nSPS) is 33.5. The van der Waals surface area contributed by atoms with Crippen LogP contribution >= 0.6 is 0 Å². The first-order valence-electron chi connectivity index (χ1n) is 8.83. The molecule has 0 radical (unpaired) electrons. The van der Waals surface area contributed by atoms with Gasteiger partial charge >= 0.3 is 0 Å². The van der Waals surface area contributed by atoms with Crippen LogP contribution in [0, 0.1) is 44.4 Å². The molecule has 2 saturated carbocycles. The van der Waals surface area contributed by atoms with E-state index in [1.807, 2.05) is 13.8 Å². The van der Waals surface area contributed by atoms with Gasteiger partial charge < -0.3 is 0 Å². The second-order valence-corrected chi connectivity index (χ2v) is 7.99. The topological polar surface area (TPSA) is 34.1 Å². The maximum absolute atomic E-state index is 13.3. The van der Waals surface area contributed by atoms with E-state index in [0.717, 1.165) is 16.7 Å². The largest absolute Gasteiger partial charge is 0.298 e. The Morgan fingerprint density at radius 1 is 0.833 bits per heavy atom. The summed E-state index contributed by atoms with van der Waals surface area (Å²) in [6, 6.07) is 4.18. The molecule has 2 heteroatoms. The number of carbonyl (C=O) groups excluding carboxylic acids is 2. The highest BCUT2D eigenvalue weighted by Gasteiger charge is 2.62. The standard InChI is InChI=1S/C22H24O2/c1-10(2)16-14-6-7-15(16)19-18(14)21(23)20(22(19)24)17-12(4)8-11(3)9-13(17)5/h6-9,14-15,18-20H,1-5H3/t14-,15+,18+,19-,20?. The lowest BCUT2D eigenvalue weighted by Crippen LogP contribution is -2.21. The summed E-state index contributed by atoms with van der Waals surface area (Å²) in [7, 11) is 0. The summed E-state index contributed by atoms with van der Waals surface area (Å²) in [6.45, 7) is 10.3. The number of allylic oxidation sites excluding steroid dienone is 4. The first-order chi connectivity index (χ1) is 11.3. The SMILES string of the molecule is CC(C)=C1[C@H]2C=C[C@@H]1[C@H]1C(=O)C(c3c(C)cc(C)cc3C)C(=O)[C@H]12. The minimum atomic E-state index is -0.552. The molecule has 1 unspecified atom stereocenters. The predicted octanol–water partition coefficient (Wildman–Crippen LogP) is 4.23. The molecule has 0 N–H and O–H groups in total. The number of aryl methyl sites for hydroxylation is 3. The van der Waals surface area contributed by atoms with Crippen LogP contribution < -0.4 is 0 Å². The molecule has 3 aliphatic carbocycles. The second kappa shape index (κ2) is 5.02. The van der Waals surface area contributed by atoms with Gasteiger partial charge in [0.1, 0.15) is 5.92 Å². The molecule has 0 spiro atoms. The quantitative estimate of drug-likeness (QED) is 0.573. The number of carbonyl (C=O) groups is 2. The first-order valence-corrected chi connectivity index (χ1v) is 8.83. The molecule has 0 aromatic heterocycles. The van der Waals surface area contributed by atoms with Crippen molar-refractivity contribution in [3.8, 4) is 0 Å². The van der Waals surface area contributed by atoms with Gasteiger partial charge in [0.25, 0.3) is 0 Å². The Hall–Kier alpha value is -1.96. The number of hydrogen-bond donors (Lipinski definition) is 0. The third-order valence-corrected chi connectivity index (χ3v) is 6.23. The van der Waals surface area contributed by atoms with Gasteiger partial charge in [-0.15, -0.1) is 0 Å². The van der Waals surface area contributed by atoms with E-state index in [2.05, 4.69) is 45.1 Å². The Morgan fingerprint density at radius 3 is 1.71 bits per heavy atom. The van der Waals surface area contributed by atoms with Gasteiger partial charge in [-0.3, -0.25) is 9.59 Å². The van der Waals surface area contributed by atoms with Crippen molar-refractivity contribution in [2.75, 3.05) is 0 Å². The van der Waals surface area contributed by atoms with E-state index in [1.165, 1.54) is 16.7 Å². The zero-order valence-corrected chi connectivity index (χ0v) is 15.0. The van der Waals surface area contributed by atoms with Crippen molar-refractivity contribution in [2.45, 2.75) is 40.5 Å². The van der Waals surface area contributed by atoms with E-state index in [-0.39, 0.29) is 35.2 Å². The highest BCUT2D eigenvalue weighted by atomic mass is 16.2. The molecule has 3 aliphatic rings. The minimum Gasteiger partial charge on any atom is -0.298 e. The smallest absolute Gasteiger partial charge is 0.152 e. The molecule has 0 amide bonds. The van der Waals surface area contributed by atoms with Gasteiger partial charge in [-0.1, -0.05) is 41.0 Å². The van der Waals surface area contributed by atoms with Gasteiger partial charge in [0, 0.05) is 23.7 Å². The van der Waals surface area contributed by atoms with E-state index in [9.17, 15) is 9.59 Å². The number of rotatable bonds is 1. The van der Waals surface area contributed by atoms with Crippen LogP contribution in [0.5, 0.6) is 0 Å². The Morgan fingerprint density at radius 2 is 1.29 bits per heavy atom. The van der Waals surface area contributed by atoms with Gasteiger partial charge in [0.05, 0.1) is 0 Å². The predicted molar refractivity (Wildman–Crippen MR) is 94.9 cm³/mol. The number of Topliss-reactive ketones (excluding diaryl/α,β-unsaturated/α-hetero) is 2. The van der Waals surface area contributed by atoms with E-state index < -0.39 is 5.92 Å². The Balaban J connectivity index is 1.82. The highest BCUT2D eigenvalue weighted by Crippen LogP contribution is 2.59. The lowest BCUT2D eigenvalue weighted by atomic mass is 9.83. The van der Waals surface area contributed by atoms with E-state index in [0.29, 0.717) is 0 Å². The van der Waals surface area contributed by atoms with Gasteiger partial charge in [-0.05, 0) is 51.3 Å². The summed E-state index contributed by atoms with van der Waals surface area (Å²) >= 11 is 0. The molecule has 0 saturated heterocycles. The molecule has 124 valence electrons. The molecule has 5 atom stereocenters. The molecular formula is C22H24O2. The summed E-state index contributed by atoms with van der Waals surface area (Å²) < 4.78 is 0. The maximum Gasteiger partial charge on any atom is 0.152 e. The summed E-state index contributed by atoms with van der Waals surface area (Å²) in [4.78, 5) is 26.5. The lowest BCUT2D eigenvalue weighted by molar-refractivity contribution is -0.125. The highest BCUT2D eigenvalue weighted by molar-refractivity contribution is 6.17. The van der Waals surface area contributed by atoms with Crippen LogP contribution in [-0.2, 0) is 9.59 Å². The lowest BCUT2D eigenvalue weighted by Gasteiger charge is -2.19. The van der Waals surface area contributed by atoms with Crippen LogP contribution in [0.25, 0.3) is 0 Å². The van der Waals surface area contributed by atoms with E-state index in [1.54, 1.807) is 0 Å². The van der Waals surface area contributed by atoms with Crippen LogP contribution in [0.3, 0.4) is 0 Å². The number of ketones is 2. The van der Waals surface area contributed by atoms with Crippen molar-refractivity contribution in [3.63, 3.8) is 0 Å². The van der Waals surface area contributed by atoms with Crippen LogP contribution in [0.4, 0.5) is 0 Å². The maximum atomic E-state index is 13.3.